The van der Waals surface area contributed by atoms with Crippen molar-refractivity contribution >= 4 is 11.4 Å². The first-order valence-electron chi connectivity index (χ1n) is 5.40. The summed E-state index contributed by atoms with van der Waals surface area (Å²) in [6.45, 7) is 7.03. The molecule has 0 spiro atoms. The monoisotopic (exact) mass is 238 g/mol. The highest BCUT2D eigenvalue weighted by Crippen LogP contribution is 2.30. The molecule has 5 heteroatoms. The quantitative estimate of drug-likeness (QED) is 0.646. The zero-order chi connectivity index (χ0) is 13.1. The van der Waals surface area contributed by atoms with Gasteiger partial charge in [0, 0.05) is 18.3 Å². The van der Waals surface area contributed by atoms with Crippen molar-refractivity contribution in [3.63, 3.8) is 0 Å². The minimum atomic E-state index is -0.443. The number of nitrogens with one attached hydrogen (secondary N) is 1. The summed E-state index contributed by atoms with van der Waals surface area (Å²) < 4.78 is 4.94. The molecule has 1 aromatic carbocycles. The molecular formula is C12H18N2O3. The lowest BCUT2D eigenvalue weighted by Crippen LogP contribution is -2.19. The minimum absolute atomic E-state index is 0.0218. The zero-order valence-corrected chi connectivity index (χ0v) is 10.6. The van der Waals surface area contributed by atoms with E-state index in [9.17, 15) is 10.1 Å². The maximum absolute atomic E-state index is 10.8. The molecule has 0 saturated carbocycles. The van der Waals surface area contributed by atoms with Crippen LogP contribution >= 0.6 is 0 Å². The van der Waals surface area contributed by atoms with Gasteiger partial charge in [0.25, 0.3) is 0 Å². The number of methoxy groups -OCH3 is 1. The lowest BCUT2D eigenvalue weighted by Gasteiger charge is -2.19. The number of nitrogens with zero attached hydrogens (tertiary/aromatic N) is 1. The van der Waals surface area contributed by atoms with Gasteiger partial charge >= 0.3 is 5.69 Å². The van der Waals surface area contributed by atoms with E-state index >= 15 is 0 Å². The summed E-state index contributed by atoms with van der Waals surface area (Å²) in [5.41, 5.74) is 0.827. The normalized spacial score (nSPS) is 11.1. The van der Waals surface area contributed by atoms with Crippen molar-refractivity contribution in [1.29, 1.82) is 0 Å². The predicted octanol–water partition coefficient (Wildman–Crippen LogP) is 3.06. The van der Waals surface area contributed by atoms with Crippen LogP contribution in [-0.4, -0.2) is 18.6 Å². The molecule has 0 aliphatic heterocycles. The number of anilines is 1. The van der Waals surface area contributed by atoms with E-state index in [2.05, 4.69) is 26.1 Å². The molecule has 17 heavy (non-hydrogen) atoms. The topological polar surface area (TPSA) is 64.4 Å². The molecule has 0 aliphatic carbocycles. The molecule has 0 fully saturated rings. The lowest BCUT2D eigenvalue weighted by molar-refractivity contribution is -0.385. The molecule has 0 aliphatic rings. The Morgan fingerprint density at radius 3 is 2.53 bits per heavy atom. The van der Waals surface area contributed by atoms with Crippen LogP contribution in [0.15, 0.2) is 18.2 Å². The van der Waals surface area contributed by atoms with Crippen LogP contribution in [0.4, 0.5) is 11.4 Å². The average Bonchev–Trinajstić information content (AvgIpc) is 2.25. The van der Waals surface area contributed by atoms with Gasteiger partial charge in [-0.15, -0.1) is 0 Å². The summed E-state index contributed by atoms with van der Waals surface area (Å²) in [5, 5.41) is 14.0. The van der Waals surface area contributed by atoms with E-state index in [-0.39, 0.29) is 16.9 Å². The Kier molecular flexibility index (Phi) is 3.93. The van der Waals surface area contributed by atoms with Gasteiger partial charge in [-0.1, -0.05) is 20.8 Å². The fourth-order valence-corrected chi connectivity index (χ4v) is 1.31. The van der Waals surface area contributed by atoms with Crippen molar-refractivity contribution in [3.8, 4) is 5.75 Å². The van der Waals surface area contributed by atoms with Gasteiger partial charge in [-0.2, -0.15) is 0 Å². The molecule has 0 unspecified atom stereocenters. The third-order valence-corrected chi connectivity index (χ3v) is 2.20. The molecule has 1 N–H and O–H groups in total. The number of benzene rings is 1. The Bertz CT molecular complexity index is 411. The average molecular weight is 238 g/mol. The van der Waals surface area contributed by atoms with Crippen molar-refractivity contribution in [2.24, 2.45) is 5.41 Å². The fourth-order valence-electron chi connectivity index (χ4n) is 1.31. The van der Waals surface area contributed by atoms with Crippen LogP contribution in [0, 0.1) is 15.5 Å². The van der Waals surface area contributed by atoms with Crippen LogP contribution in [0.5, 0.6) is 5.75 Å². The molecule has 5 nitrogen and oxygen atoms in total. The van der Waals surface area contributed by atoms with Crippen molar-refractivity contribution in [2.75, 3.05) is 19.0 Å². The minimum Gasteiger partial charge on any atom is -0.490 e. The molecule has 1 rings (SSSR count). The standard InChI is InChI=1S/C12H18N2O3/c1-12(2,3)8-13-9-5-6-11(17-4)10(7-9)14(15)16/h5-7,13H,8H2,1-4H3. The maximum Gasteiger partial charge on any atom is 0.312 e. The van der Waals surface area contributed by atoms with Gasteiger partial charge in [0.15, 0.2) is 5.75 Å². The van der Waals surface area contributed by atoms with Gasteiger partial charge in [-0.3, -0.25) is 10.1 Å². The van der Waals surface area contributed by atoms with Crippen LogP contribution in [0.3, 0.4) is 0 Å². The predicted molar refractivity (Wildman–Crippen MR) is 67.6 cm³/mol. The van der Waals surface area contributed by atoms with Crippen LogP contribution in [-0.2, 0) is 0 Å². The lowest BCUT2D eigenvalue weighted by atomic mass is 9.97. The van der Waals surface area contributed by atoms with E-state index in [4.69, 9.17) is 4.74 Å². The van der Waals surface area contributed by atoms with Gasteiger partial charge in [0.05, 0.1) is 12.0 Å². The van der Waals surface area contributed by atoms with Gasteiger partial charge in [-0.25, -0.2) is 0 Å². The van der Waals surface area contributed by atoms with E-state index in [1.165, 1.54) is 13.2 Å². The number of nitro benzene ring substituents is 1. The molecule has 0 bridgehead atoms. The molecule has 0 saturated heterocycles. The Hall–Kier alpha value is -1.78. The highest BCUT2D eigenvalue weighted by molar-refractivity contribution is 5.58. The van der Waals surface area contributed by atoms with Gasteiger partial charge in [-0.05, 0) is 17.5 Å². The molecule has 94 valence electrons. The molecule has 0 amide bonds. The highest BCUT2D eigenvalue weighted by atomic mass is 16.6. The second kappa shape index (κ2) is 5.03. The van der Waals surface area contributed by atoms with Crippen LogP contribution in [0.25, 0.3) is 0 Å². The van der Waals surface area contributed by atoms with Gasteiger partial charge in [0.1, 0.15) is 0 Å². The molecule has 0 aromatic heterocycles. The highest BCUT2D eigenvalue weighted by Gasteiger charge is 2.16. The molecule has 0 atom stereocenters. The van der Waals surface area contributed by atoms with Crippen molar-refractivity contribution in [1.82, 2.24) is 0 Å². The second-order valence-electron chi connectivity index (χ2n) is 5.06. The Morgan fingerprint density at radius 2 is 2.06 bits per heavy atom. The van der Waals surface area contributed by atoms with E-state index in [1.54, 1.807) is 12.1 Å². The molecule has 1 aromatic rings. The largest absolute Gasteiger partial charge is 0.490 e. The number of rotatable bonds is 4. The van der Waals surface area contributed by atoms with Crippen molar-refractivity contribution in [3.05, 3.63) is 28.3 Å². The fraction of sp³-hybridized carbons (Fsp3) is 0.500. The third kappa shape index (κ3) is 3.94. The number of hydrogen-bond donors (Lipinski definition) is 1. The Morgan fingerprint density at radius 1 is 1.41 bits per heavy atom. The van der Waals surface area contributed by atoms with E-state index in [0.717, 1.165) is 12.2 Å². The summed E-state index contributed by atoms with van der Waals surface area (Å²) in [7, 11) is 1.42. The Labute approximate surface area is 101 Å². The van der Waals surface area contributed by atoms with E-state index in [0.29, 0.717) is 0 Å². The molecular weight excluding hydrogens is 220 g/mol. The van der Waals surface area contributed by atoms with E-state index in [1.807, 2.05) is 0 Å². The molecule has 0 radical (unpaired) electrons. The first-order valence-corrected chi connectivity index (χ1v) is 5.40. The molecule has 0 heterocycles. The number of hydrogen-bond acceptors (Lipinski definition) is 4. The summed E-state index contributed by atoms with van der Waals surface area (Å²) >= 11 is 0. The summed E-state index contributed by atoms with van der Waals surface area (Å²) in [6.07, 6.45) is 0. The number of nitro groups is 1. The van der Waals surface area contributed by atoms with Crippen molar-refractivity contribution < 1.29 is 9.66 Å². The second-order valence-corrected chi connectivity index (χ2v) is 5.06. The van der Waals surface area contributed by atoms with Crippen LogP contribution < -0.4 is 10.1 Å². The first kappa shape index (κ1) is 13.3. The first-order chi connectivity index (χ1) is 7.83. The smallest absolute Gasteiger partial charge is 0.312 e. The Balaban J connectivity index is 2.89. The van der Waals surface area contributed by atoms with Gasteiger partial charge in [0.2, 0.25) is 0 Å². The van der Waals surface area contributed by atoms with Crippen LogP contribution in [0.2, 0.25) is 0 Å². The summed E-state index contributed by atoms with van der Waals surface area (Å²) in [4.78, 5) is 10.4. The SMILES string of the molecule is COc1ccc(NCC(C)(C)C)cc1[N+](=O)[O-]. The summed E-state index contributed by atoms with van der Waals surface area (Å²) in [6, 6.07) is 4.87. The zero-order valence-electron chi connectivity index (χ0n) is 10.6. The summed E-state index contributed by atoms with van der Waals surface area (Å²) in [5.74, 6) is 0.274. The van der Waals surface area contributed by atoms with Crippen LogP contribution in [0.1, 0.15) is 20.8 Å². The van der Waals surface area contributed by atoms with E-state index < -0.39 is 4.92 Å². The maximum atomic E-state index is 10.8. The van der Waals surface area contributed by atoms with Crippen molar-refractivity contribution in [2.45, 2.75) is 20.8 Å². The third-order valence-electron chi connectivity index (χ3n) is 2.20. The van der Waals surface area contributed by atoms with Gasteiger partial charge < -0.3 is 10.1 Å². The number of ether oxygens (including phenoxy) is 1.